The molecule has 0 saturated carbocycles. The normalized spacial score (nSPS) is 12.5. The molecule has 0 aliphatic rings. The van der Waals surface area contributed by atoms with Crippen molar-refractivity contribution in [1.82, 2.24) is 10.5 Å². The monoisotopic (exact) mass is 196 g/mol. The standard InChI is InChI=1S/C10H16N2O2/c1-4-5-7(2)11-10(13)9-6-8(3)14-12-9/h6-7H,4-5H2,1-3H3,(H,11,13)/t7-/m0/s1. The van der Waals surface area contributed by atoms with E-state index in [0.717, 1.165) is 12.8 Å². The molecular weight excluding hydrogens is 180 g/mol. The van der Waals surface area contributed by atoms with E-state index < -0.39 is 0 Å². The van der Waals surface area contributed by atoms with Crippen LogP contribution < -0.4 is 5.32 Å². The fourth-order valence-electron chi connectivity index (χ4n) is 1.28. The molecule has 0 radical (unpaired) electrons. The van der Waals surface area contributed by atoms with Gasteiger partial charge in [0.25, 0.3) is 5.91 Å². The maximum atomic E-state index is 11.5. The van der Waals surface area contributed by atoms with Crippen molar-refractivity contribution in [3.63, 3.8) is 0 Å². The van der Waals surface area contributed by atoms with E-state index in [9.17, 15) is 4.79 Å². The van der Waals surface area contributed by atoms with Crippen LogP contribution in [0.3, 0.4) is 0 Å². The van der Waals surface area contributed by atoms with Crippen molar-refractivity contribution in [3.05, 3.63) is 17.5 Å². The van der Waals surface area contributed by atoms with E-state index in [-0.39, 0.29) is 11.9 Å². The average molecular weight is 196 g/mol. The van der Waals surface area contributed by atoms with Crippen molar-refractivity contribution in [3.8, 4) is 0 Å². The molecule has 0 aliphatic heterocycles. The zero-order valence-electron chi connectivity index (χ0n) is 8.83. The molecule has 1 N–H and O–H groups in total. The molecule has 14 heavy (non-hydrogen) atoms. The first-order chi connectivity index (χ1) is 6.63. The summed E-state index contributed by atoms with van der Waals surface area (Å²) in [6.07, 6.45) is 2.03. The highest BCUT2D eigenvalue weighted by atomic mass is 16.5. The number of aryl methyl sites for hydroxylation is 1. The van der Waals surface area contributed by atoms with Crippen LogP contribution in [-0.4, -0.2) is 17.1 Å². The molecule has 1 aromatic heterocycles. The third kappa shape index (κ3) is 2.87. The molecule has 0 aromatic carbocycles. The lowest BCUT2D eigenvalue weighted by Gasteiger charge is -2.10. The molecule has 1 amide bonds. The minimum atomic E-state index is -0.164. The molecular formula is C10H16N2O2. The van der Waals surface area contributed by atoms with Gasteiger partial charge >= 0.3 is 0 Å². The van der Waals surface area contributed by atoms with Crippen molar-refractivity contribution in [2.75, 3.05) is 0 Å². The molecule has 0 unspecified atom stereocenters. The van der Waals surface area contributed by atoms with Gasteiger partial charge in [0.1, 0.15) is 5.76 Å². The quantitative estimate of drug-likeness (QED) is 0.800. The first kappa shape index (κ1) is 10.8. The van der Waals surface area contributed by atoms with Crippen LogP contribution in [0.4, 0.5) is 0 Å². The fraction of sp³-hybridized carbons (Fsp3) is 0.600. The van der Waals surface area contributed by atoms with E-state index in [2.05, 4.69) is 17.4 Å². The Morgan fingerprint density at radius 3 is 2.93 bits per heavy atom. The maximum Gasteiger partial charge on any atom is 0.273 e. The number of carbonyl (C=O) groups is 1. The van der Waals surface area contributed by atoms with Gasteiger partial charge < -0.3 is 9.84 Å². The number of hydrogen-bond donors (Lipinski definition) is 1. The van der Waals surface area contributed by atoms with Gasteiger partial charge in [-0.1, -0.05) is 18.5 Å². The molecule has 0 bridgehead atoms. The third-order valence-corrected chi connectivity index (χ3v) is 1.96. The van der Waals surface area contributed by atoms with Gasteiger partial charge in [0, 0.05) is 12.1 Å². The van der Waals surface area contributed by atoms with E-state index in [1.807, 2.05) is 6.92 Å². The number of hydrogen-bond acceptors (Lipinski definition) is 3. The summed E-state index contributed by atoms with van der Waals surface area (Å²) in [5.41, 5.74) is 0.352. The van der Waals surface area contributed by atoms with Crippen molar-refractivity contribution in [2.45, 2.75) is 39.7 Å². The summed E-state index contributed by atoms with van der Waals surface area (Å²) >= 11 is 0. The highest BCUT2D eigenvalue weighted by molar-refractivity contribution is 5.92. The Labute approximate surface area is 83.7 Å². The fourth-order valence-corrected chi connectivity index (χ4v) is 1.28. The summed E-state index contributed by atoms with van der Waals surface area (Å²) in [6.45, 7) is 5.83. The number of carbonyl (C=O) groups excluding carboxylic acids is 1. The van der Waals surface area contributed by atoms with Crippen molar-refractivity contribution in [2.24, 2.45) is 0 Å². The van der Waals surface area contributed by atoms with E-state index >= 15 is 0 Å². The molecule has 4 heteroatoms. The first-order valence-electron chi connectivity index (χ1n) is 4.87. The van der Waals surface area contributed by atoms with Gasteiger partial charge in [-0.25, -0.2) is 0 Å². The van der Waals surface area contributed by atoms with Crippen LogP contribution in [0.2, 0.25) is 0 Å². The van der Waals surface area contributed by atoms with Gasteiger partial charge in [-0.15, -0.1) is 0 Å². The van der Waals surface area contributed by atoms with Crippen LogP contribution in [0.25, 0.3) is 0 Å². The van der Waals surface area contributed by atoms with Crippen LogP contribution in [0, 0.1) is 6.92 Å². The minimum Gasteiger partial charge on any atom is -0.361 e. The first-order valence-corrected chi connectivity index (χ1v) is 4.87. The lowest BCUT2D eigenvalue weighted by atomic mass is 10.2. The largest absolute Gasteiger partial charge is 0.361 e. The van der Waals surface area contributed by atoms with Gasteiger partial charge in [0.15, 0.2) is 5.69 Å². The molecule has 4 nitrogen and oxygen atoms in total. The second-order valence-electron chi connectivity index (χ2n) is 3.49. The van der Waals surface area contributed by atoms with Crippen molar-refractivity contribution >= 4 is 5.91 Å². The number of rotatable bonds is 4. The molecule has 1 heterocycles. The lowest BCUT2D eigenvalue weighted by molar-refractivity contribution is 0.0929. The SMILES string of the molecule is CCC[C@H](C)NC(=O)c1cc(C)on1. The molecule has 78 valence electrons. The number of nitrogens with zero attached hydrogens (tertiary/aromatic N) is 1. The second-order valence-corrected chi connectivity index (χ2v) is 3.49. The van der Waals surface area contributed by atoms with Crippen LogP contribution in [0.1, 0.15) is 42.9 Å². The van der Waals surface area contributed by atoms with Crippen LogP contribution >= 0.6 is 0 Å². The number of nitrogens with one attached hydrogen (secondary N) is 1. The smallest absolute Gasteiger partial charge is 0.273 e. The highest BCUT2D eigenvalue weighted by Crippen LogP contribution is 2.02. The molecule has 0 aliphatic carbocycles. The lowest BCUT2D eigenvalue weighted by Crippen LogP contribution is -2.32. The highest BCUT2D eigenvalue weighted by Gasteiger charge is 2.12. The summed E-state index contributed by atoms with van der Waals surface area (Å²) < 4.78 is 4.82. The average Bonchev–Trinajstić information content (AvgIpc) is 2.52. The Hall–Kier alpha value is -1.32. The van der Waals surface area contributed by atoms with E-state index in [1.165, 1.54) is 0 Å². The molecule has 1 atom stereocenters. The predicted molar refractivity (Wildman–Crippen MR) is 53.1 cm³/mol. The van der Waals surface area contributed by atoms with Gasteiger partial charge in [-0.05, 0) is 20.3 Å². The van der Waals surface area contributed by atoms with E-state index in [1.54, 1.807) is 13.0 Å². The van der Waals surface area contributed by atoms with Gasteiger partial charge in [-0.2, -0.15) is 0 Å². The molecule has 0 fully saturated rings. The Kier molecular flexibility index (Phi) is 3.68. The maximum absolute atomic E-state index is 11.5. The third-order valence-electron chi connectivity index (χ3n) is 1.96. The van der Waals surface area contributed by atoms with Crippen molar-refractivity contribution in [1.29, 1.82) is 0 Å². The van der Waals surface area contributed by atoms with Crippen LogP contribution in [0.15, 0.2) is 10.6 Å². The summed E-state index contributed by atoms with van der Waals surface area (Å²) in [5, 5.41) is 6.49. The Morgan fingerprint density at radius 1 is 1.71 bits per heavy atom. The zero-order chi connectivity index (χ0) is 10.6. The summed E-state index contributed by atoms with van der Waals surface area (Å²) in [5.74, 6) is 0.487. The summed E-state index contributed by atoms with van der Waals surface area (Å²) in [6, 6.07) is 1.82. The minimum absolute atomic E-state index is 0.164. The number of aromatic nitrogens is 1. The van der Waals surface area contributed by atoms with Gasteiger partial charge in [-0.3, -0.25) is 4.79 Å². The number of amides is 1. The molecule has 0 saturated heterocycles. The molecule has 1 rings (SSSR count). The second kappa shape index (κ2) is 4.79. The van der Waals surface area contributed by atoms with E-state index in [4.69, 9.17) is 4.52 Å². The zero-order valence-corrected chi connectivity index (χ0v) is 8.83. The molecule has 1 aromatic rings. The van der Waals surface area contributed by atoms with Crippen LogP contribution in [0.5, 0.6) is 0 Å². The Balaban J connectivity index is 2.50. The predicted octanol–water partition coefficient (Wildman–Crippen LogP) is 1.90. The van der Waals surface area contributed by atoms with Crippen LogP contribution in [-0.2, 0) is 0 Å². The van der Waals surface area contributed by atoms with Crippen molar-refractivity contribution < 1.29 is 9.32 Å². The van der Waals surface area contributed by atoms with Gasteiger partial charge in [0.2, 0.25) is 0 Å². The Morgan fingerprint density at radius 2 is 2.43 bits per heavy atom. The summed E-state index contributed by atoms with van der Waals surface area (Å²) in [4.78, 5) is 11.5. The Bertz CT molecular complexity index is 307. The van der Waals surface area contributed by atoms with E-state index in [0.29, 0.717) is 11.5 Å². The topological polar surface area (TPSA) is 55.1 Å². The van der Waals surface area contributed by atoms with Gasteiger partial charge in [0.05, 0.1) is 0 Å². The summed E-state index contributed by atoms with van der Waals surface area (Å²) in [7, 11) is 0. The molecule has 0 spiro atoms.